The van der Waals surface area contributed by atoms with Crippen molar-refractivity contribution in [1.29, 1.82) is 0 Å². The summed E-state index contributed by atoms with van der Waals surface area (Å²) in [5.74, 6) is 4.39. The van der Waals surface area contributed by atoms with Gasteiger partial charge in [0, 0.05) is 24.0 Å². The number of hydrogen-bond donors (Lipinski definition) is 2. The first-order chi connectivity index (χ1) is 20.9. The smallest absolute Gasteiger partial charge is 0.260 e. The van der Waals surface area contributed by atoms with Crippen LogP contribution in [0.3, 0.4) is 0 Å². The quantitative estimate of drug-likeness (QED) is 0.269. The SMILES string of the molecule is C#C[C@]1(O)CC[C@H]2[C@@H]3CCC4=C/C(=N/OCC(=O)NCC[C@]5(c6ccccc6)CCOC(C)(C)C5)CC[C@]4(C)[C@H]3CC[C@@]21C. The second-order valence-electron chi connectivity index (χ2n) is 15.6. The number of ether oxygens (including phenoxy) is 1. The lowest BCUT2D eigenvalue weighted by atomic mass is 9.46. The van der Waals surface area contributed by atoms with Gasteiger partial charge in [-0.15, -0.1) is 6.42 Å². The number of carbonyl (C=O) groups excluding carboxylic acids is 1. The number of nitrogens with zero attached hydrogens (tertiary/aromatic N) is 1. The van der Waals surface area contributed by atoms with Crippen LogP contribution in [0, 0.1) is 40.9 Å². The Bertz CT molecular complexity index is 1350. The van der Waals surface area contributed by atoms with Crippen molar-refractivity contribution >= 4 is 11.6 Å². The number of nitrogens with one attached hydrogen (secondary N) is 1. The molecule has 3 saturated carbocycles. The lowest BCUT2D eigenvalue weighted by Gasteiger charge is -2.58. The zero-order valence-corrected chi connectivity index (χ0v) is 27.3. The van der Waals surface area contributed by atoms with Crippen molar-refractivity contribution in [3.8, 4) is 12.3 Å². The molecule has 1 heterocycles. The fourth-order valence-corrected chi connectivity index (χ4v) is 10.4. The van der Waals surface area contributed by atoms with Crippen LogP contribution < -0.4 is 5.32 Å². The zero-order valence-electron chi connectivity index (χ0n) is 27.3. The standard InChI is InChI=1S/C38H52N2O4/c1-6-38(42)19-16-32-30-13-12-28-24-29(14-17-35(28,4)31(30)15-18-36(32,38)5)40-44-25-33(41)39-22-20-37(27-10-8-7-9-11-27)21-23-43-34(2,3)26-37/h1,7-11,24,30-32,42H,12-23,25-26H2,2-5H3,(H,39,41)/b40-29+/t30-,31+,32+,35+,36+,37+,38+/m1/s1. The van der Waals surface area contributed by atoms with E-state index in [9.17, 15) is 9.90 Å². The van der Waals surface area contributed by atoms with Gasteiger partial charge >= 0.3 is 0 Å². The van der Waals surface area contributed by atoms with E-state index in [4.69, 9.17) is 16.0 Å². The Balaban J connectivity index is 1.03. The van der Waals surface area contributed by atoms with Crippen LogP contribution in [0.25, 0.3) is 0 Å². The third-order valence-electron chi connectivity index (χ3n) is 12.9. The van der Waals surface area contributed by atoms with Gasteiger partial charge in [0.1, 0.15) is 5.60 Å². The van der Waals surface area contributed by atoms with E-state index in [1.54, 1.807) is 0 Å². The van der Waals surface area contributed by atoms with Gasteiger partial charge in [-0.25, -0.2) is 0 Å². The first kappa shape index (κ1) is 31.4. The van der Waals surface area contributed by atoms with Gasteiger partial charge in [0.2, 0.25) is 0 Å². The predicted molar refractivity (Wildman–Crippen MR) is 174 cm³/mol. The Morgan fingerprint density at radius 1 is 1.07 bits per heavy atom. The molecule has 6 nitrogen and oxygen atoms in total. The molecule has 0 radical (unpaired) electrons. The Morgan fingerprint density at radius 3 is 2.59 bits per heavy atom. The Morgan fingerprint density at radius 2 is 1.84 bits per heavy atom. The fourth-order valence-electron chi connectivity index (χ4n) is 10.4. The van der Waals surface area contributed by atoms with Crippen molar-refractivity contribution in [2.24, 2.45) is 33.7 Å². The highest BCUT2D eigenvalue weighted by Gasteiger charge is 2.63. The highest BCUT2D eigenvalue weighted by molar-refractivity contribution is 5.96. The van der Waals surface area contributed by atoms with Crippen LogP contribution in [0.1, 0.15) is 104 Å². The number of hydrogen-bond acceptors (Lipinski definition) is 5. The van der Waals surface area contributed by atoms with Gasteiger partial charge in [-0.1, -0.05) is 60.8 Å². The minimum atomic E-state index is -0.958. The van der Waals surface area contributed by atoms with Crippen molar-refractivity contribution in [2.75, 3.05) is 19.8 Å². The van der Waals surface area contributed by atoms with E-state index in [-0.39, 0.29) is 34.4 Å². The maximum absolute atomic E-state index is 12.7. The number of amides is 1. The van der Waals surface area contributed by atoms with Crippen LogP contribution in [0.15, 0.2) is 47.1 Å². The molecule has 0 bridgehead atoms. The van der Waals surface area contributed by atoms with Crippen LogP contribution in [0.2, 0.25) is 0 Å². The monoisotopic (exact) mass is 600 g/mol. The van der Waals surface area contributed by atoms with Gasteiger partial charge in [-0.3, -0.25) is 4.79 Å². The molecule has 1 aromatic carbocycles. The second-order valence-corrected chi connectivity index (χ2v) is 15.6. The Kier molecular flexibility index (Phi) is 8.29. The Labute approximate surface area is 264 Å². The summed E-state index contributed by atoms with van der Waals surface area (Å²) in [5.41, 5.74) is 2.57. The maximum atomic E-state index is 12.7. The highest BCUT2D eigenvalue weighted by atomic mass is 16.6. The number of rotatable bonds is 7. The molecule has 7 atom stereocenters. The van der Waals surface area contributed by atoms with Crippen molar-refractivity contribution in [2.45, 2.75) is 115 Å². The summed E-state index contributed by atoms with van der Waals surface area (Å²) in [5, 5.41) is 18.8. The molecule has 4 aliphatic carbocycles. The summed E-state index contributed by atoms with van der Waals surface area (Å²) in [6.07, 6.45) is 18.9. The minimum Gasteiger partial charge on any atom is -0.385 e. The van der Waals surface area contributed by atoms with Crippen molar-refractivity contribution in [3.05, 3.63) is 47.5 Å². The second kappa shape index (κ2) is 11.6. The Hall–Kier alpha value is -2.62. The number of allylic oxidation sites excluding steroid dienone is 2. The molecule has 5 aliphatic rings. The highest BCUT2D eigenvalue weighted by Crippen LogP contribution is 2.67. The summed E-state index contributed by atoms with van der Waals surface area (Å²) in [7, 11) is 0. The molecule has 238 valence electrons. The first-order valence-corrected chi connectivity index (χ1v) is 17.0. The van der Waals surface area contributed by atoms with Crippen molar-refractivity contribution in [1.82, 2.24) is 5.32 Å². The number of benzene rings is 1. The maximum Gasteiger partial charge on any atom is 0.260 e. The average molecular weight is 601 g/mol. The molecule has 1 amide bonds. The summed E-state index contributed by atoms with van der Waals surface area (Å²) in [6.45, 7) is 10.3. The van der Waals surface area contributed by atoms with E-state index in [0.29, 0.717) is 24.3 Å². The first-order valence-electron chi connectivity index (χ1n) is 17.0. The lowest BCUT2D eigenvalue weighted by molar-refractivity contribution is -0.125. The number of fused-ring (bicyclic) bond motifs is 5. The van der Waals surface area contributed by atoms with Gasteiger partial charge in [-0.2, -0.15) is 0 Å². The third-order valence-corrected chi connectivity index (χ3v) is 12.9. The number of carbonyl (C=O) groups is 1. The summed E-state index contributed by atoms with van der Waals surface area (Å²) < 4.78 is 6.04. The van der Waals surface area contributed by atoms with Gasteiger partial charge in [0.15, 0.2) is 6.61 Å². The molecular weight excluding hydrogens is 548 g/mol. The molecule has 6 rings (SSSR count). The molecule has 1 saturated heterocycles. The molecule has 1 aliphatic heterocycles. The topological polar surface area (TPSA) is 80.2 Å². The molecule has 4 fully saturated rings. The summed E-state index contributed by atoms with van der Waals surface area (Å²) in [6, 6.07) is 10.7. The molecule has 0 unspecified atom stereocenters. The molecule has 0 spiro atoms. The largest absolute Gasteiger partial charge is 0.385 e. The lowest BCUT2D eigenvalue weighted by Crippen LogP contribution is -2.54. The van der Waals surface area contributed by atoms with Crippen LogP contribution >= 0.6 is 0 Å². The van der Waals surface area contributed by atoms with Gasteiger partial charge in [0.25, 0.3) is 5.91 Å². The molecule has 6 heteroatoms. The van der Waals surface area contributed by atoms with E-state index in [0.717, 1.165) is 82.9 Å². The predicted octanol–water partition coefficient (Wildman–Crippen LogP) is 6.72. The number of oxime groups is 1. The summed E-state index contributed by atoms with van der Waals surface area (Å²) >= 11 is 0. The van der Waals surface area contributed by atoms with Crippen LogP contribution in [-0.4, -0.2) is 47.7 Å². The molecule has 1 aromatic rings. The normalized spacial score (nSPS) is 40.1. The van der Waals surface area contributed by atoms with Crippen LogP contribution in [-0.2, 0) is 19.8 Å². The number of terminal acetylenes is 1. The van der Waals surface area contributed by atoms with Crippen molar-refractivity contribution in [3.63, 3.8) is 0 Å². The van der Waals surface area contributed by atoms with E-state index < -0.39 is 5.60 Å². The third kappa shape index (κ3) is 5.43. The average Bonchev–Trinajstić information content (AvgIpc) is 3.28. The molecular formula is C38H52N2O4. The van der Waals surface area contributed by atoms with E-state index in [1.807, 2.05) is 0 Å². The van der Waals surface area contributed by atoms with Crippen LogP contribution in [0.5, 0.6) is 0 Å². The van der Waals surface area contributed by atoms with E-state index >= 15 is 0 Å². The van der Waals surface area contributed by atoms with Crippen molar-refractivity contribution < 1.29 is 19.5 Å². The van der Waals surface area contributed by atoms with E-state index in [1.165, 1.54) is 11.1 Å². The number of aliphatic hydroxyl groups is 1. The molecule has 44 heavy (non-hydrogen) atoms. The minimum absolute atomic E-state index is 0.0193. The molecule has 2 N–H and O–H groups in total. The summed E-state index contributed by atoms with van der Waals surface area (Å²) in [4.78, 5) is 18.3. The zero-order chi connectivity index (χ0) is 31.2. The molecule has 0 aromatic heterocycles. The fraction of sp³-hybridized carbons (Fsp3) is 0.684. The van der Waals surface area contributed by atoms with Gasteiger partial charge in [0.05, 0.1) is 11.3 Å². The van der Waals surface area contributed by atoms with Gasteiger partial charge in [-0.05, 0) is 119 Å². The van der Waals surface area contributed by atoms with Gasteiger partial charge < -0.3 is 20.0 Å². The van der Waals surface area contributed by atoms with E-state index in [2.05, 4.69) is 80.5 Å². The van der Waals surface area contributed by atoms with Crippen LogP contribution in [0.4, 0.5) is 0 Å².